The molecule has 0 radical (unpaired) electrons. The molecule has 144 valence electrons. The third-order valence-electron chi connectivity index (χ3n) is 4.80. The summed E-state index contributed by atoms with van der Waals surface area (Å²) in [6.45, 7) is 1.29. The summed E-state index contributed by atoms with van der Waals surface area (Å²) in [6, 6.07) is 14.1. The summed E-state index contributed by atoms with van der Waals surface area (Å²) in [5.41, 5.74) is 2.49. The van der Waals surface area contributed by atoms with Crippen molar-refractivity contribution < 1.29 is 13.7 Å². The third kappa shape index (κ3) is 4.26. The van der Waals surface area contributed by atoms with E-state index in [9.17, 15) is 9.18 Å². The Hall–Kier alpha value is -3.06. The second-order valence-electron chi connectivity index (χ2n) is 6.93. The van der Waals surface area contributed by atoms with E-state index in [-0.39, 0.29) is 11.7 Å². The van der Waals surface area contributed by atoms with Gasteiger partial charge in [-0.15, -0.1) is 0 Å². The molecule has 1 saturated carbocycles. The van der Waals surface area contributed by atoms with Crippen LogP contribution in [0.25, 0.3) is 11.4 Å². The lowest BCUT2D eigenvalue weighted by Crippen LogP contribution is -2.25. The number of hydrogen-bond donors (Lipinski definition) is 1. The first kappa shape index (κ1) is 18.3. The molecule has 0 aliphatic heterocycles. The summed E-state index contributed by atoms with van der Waals surface area (Å²) in [7, 11) is 1.62. The van der Waals surface area contributed by atoms with Gasteiger partial charge < -0.3 is 9.84 Å². The Bertz CT molecular complexity index is 949. The van der Waals surface area contributed by atoms with Gasteiger partial charge in [0.2, 0.25) is 11.7 Å². The van der Waals surface area contributed by atoms with E-state index in [1.165, 1.54) is 12.1 Å². The summed E-state index contributed by atoms with van der Waals surface area (Å²) < 4.78 is 18.5. The standard InChI is InChI=1S/C21H21FN4O2/c1-23-21(27)16-4-2-14(3-5-16)12-26(18-10-11-18)13-19-24-20(25-28-19)15-6-8-17(22)9-7-15/h2-9,18H,10-13H2,1H3,(H,23,27). The molecule has 0 spiro atoms. The van der Waals surface area contributed by atoms with Crippen molar-refractivity contribution in [3.8, 4) is 11.4 Å². The number of halogens is 1. The van der Waals surface area contributed by atoms with Gasteiger partial charge in [-0.3, -0.25) is 9.69 Å². The Morgan fingerprint density at radius 3 is 2.50 bits per heavy atom. The van der Waals surface area contributed by atoms with Crippen LogP contribution < -0.4 is 5.32 Å². The quantitative estimate of drug-likeness (QED) is 0.680. The number of nitrogens with one attached hydrogen (secondary N) is 1. The van der Waals surface area contributed by atoms with Crippen LogP contribution in [0.1, 0.15) is 34.7 Å². The van der Waals surface area contributed by atoms with Crippen LogP contribution in [0.3, 0.4) is 0 Å². The van der Waals surface area contributed by atoms with Crippen LogP contribution in [0.2, 0.25) is 0 Å². The van der Waals surface area contributed by atoms with E-state index in [4.69, 9.17) is 4.52 Å². The molecule has 1 aliphatic rings. The zero-order valence-corrected chi connectivity index (χ0v) is 15.6. The molecule has 1 aromatic heterocycles. The predicted octanol–water partition coefficient (Wildman–Crippen LogP) is 3.40. The fraction of sp³-hybridized carbons (Fsp3) is 0.286. The molecule has 28 heavy (non-hydrogen) atoms. The van der Waals surface area contributed by atoms with E-state index in [1.807, 2.05) is 24.3 Å². The highest BCUT2D eigenvalue weighted by atomic mass is 19.1. The van der Waals surface area contributed by atoms with Gasteiger partial charge in [-0.25, -0.2) is 4.39 Å². The molecular formula is C21H21FN4O2. The van der Waals surface area contributed by atoms with Crippen molar-refractivity contribution in [2.45, 2.75) is 32.0 Å². The normalized spacial score (nSPS) is 13.7. The van der Waals surface area contributed by atoms with Crippen LogP contribution in [0, 0.1) is 5.82 Å². The molecule has 0 unspecified atom stereocenters. The summed E-state index contributed by atoms with van der Waals surface area (Å²) in [6.07, 6.45) is 2.30. The number of benzene rings is 2. The van der Waals surface area contributed by atoms with Gasteiger partial charge in [0.25, 0.3) is 5.91 Å². The highest BCUT2D eigenvalue weighted by Crippen LogP contribution is 2.30. The Kier molecular flexibility index (Phi) is 5.16. The predicted molar refractivity (Wildman–Crippen MR) is 102 cm³/mol. The first-order valence-corrected chi connectivity index (χ1v) is 9.26. The van der Waals surface area contributed by atoms with Crippen LogP contribution in [0.4, 0.5) is 4.39 Å². The topological polar surface area (TPSA) is 71.3 Å². The number of rotatable bonds is 7. The van der Waals surface area contributed by atoms with E-state index >= 15 is 0 Å². The van der Waals surface area contributed by atoms with Gasteiger partial charge in [-0.1, -0.05) is 17.3 Å². The lowest BCUT2D eigenvalue weighted by atomic mass is 10.1. The number of nitrogens with zero attached hydrogens (tertiary/aromatic N) is 3. The second-order valence-corrected chi connectivity index (χ2v) is 6.93. The minimum atomic E-state index is -0.296. The van der Waals surface area contributed by atoms with E-state index in [0.29, 0.717) is 29.9 Å². The minimum absolute atomic E-state index is 0.0928. The van der Waals surface area contributed by atoms with Crippen LogP contribution in [-0.4, -0.2) is 34.0 Å². The van der Waals surface area contributed by atoms with Crippen LogP contribution in [0.15, 0.2) is 53.1 Å². The van der Waals surface area contributed by atoms with Crippen LogP contribution in [0.5, 0.6) is 0 Å². The molecule has 1 aliphatic carbocycles. The number of carbonyl (C=O) groups is 1. The molecule has 1 N–H and O–H groups in total. The largest absolute Gasteiger partial charge is 0.355 e. The van der Waals surface area contributed by atoms with Gasteiger partial charge in [-0.2, -0.15) is 4.98 Å². The highest BCUT2D eigenvalue weighted by molar-refractivity contribution is 5.93. The molecule has 1 amide bonds. The summed E-state index contributed by atoms with van der Waals surface area (Å²) in [4.78, 5) is 18.4. The molecule has 4 rings (SSSR count). The summed E-state index contributed by atoms with van der Waals surface area (Å²) >= 11 is 0. The van der Waals surface area contributed by atoms with Gasteiger partial charge >= 0.3 is 0 Å². The fourth-order valence-electron chi connectivity index (χ4n) is 3.10. The van der Waals surface area contributed by atoms with Gasteiger partial charge in [0.15, 0.2) is 0 Å². The van der Waals surface area contributed by atoms with Gasteiger partial charge in [0, 0.05) is 30.8 Å². The van der Waals surface area contributed by atoms with Crippen molar-refractivity contribution in [1.29, 1.82) is 0 Å². The SMILES string of the molecule is CNC(=O)c1ccc(CN(Cc2nc(-c3ccc(F)cc3)no2)C2CC2)cc1. The number of aromatic nitrogens is 2. The van der Waals surface area contributed by atoms with Crippen molar-refractivity contribution in [3.63, 3.8) is 0 Å². The first-order valence-electron chi connectivity index (χ1n) is 9.26. The summed E-state index contributed by atoms with van der Waals surface area (Å²) in [5.74, 6) is 0.605. The number of hydrogen-bond acceptors (Lipinski definition) is 5. The van der Waals surface area contributed by atoms with E-state index in [1.54, 1.807) is 19.2 Å². The Labute approximate surface area is 162 Å². The maximum atomic E-state index is 13.1. The molecule has 0 atom stereocenters. The molecule has 6 nitrogen and oxygen atoms in total. The fourth-order valence-corrected chi connectivity index (χ4v) is 3.10. The average molecular weight is 380 g/mol. The maximum Gasteiger partial charge on any atom is 0.251 e. The molecule has 0 saturated heterocycles. The zero-order chi connectivity index (χ0) is 19.5. The molecule has 7 heteroatoms. The molecule has 3 aromatic rings. The second kappa shape index (κ2) is 7.90. The van der Waals surface area contributed by atoms with Crippen LogP contribution >= 0.6 is 0 Å². The van der Waals surface area contributed by atoms with E-state index < -0.39 is 0 Å². The van der Waals surface area contributed by atoms with Crippen molar-refractivity contribution in [2.24, 2.45) is 0 Å². The number of carbonyl (C=O) groups excluding carboxylic acids is 1. The van der Waals surface area contributed by atoms with Crippen molar-refractivity contribution >= 4 is 5.91 Å². The Balaban J connectivity index is 1.44. The van der Waals surface area contributed by atoms with Crippen molar-refractivity contribution in [3.05, 3.63) is 71.4 Å². The highest BCUT2D eigenvalue weighted by Gasteiger charge is 2.30. The van der Waals surface area contributed by atoms with E-state index in [0.717, 1.165) is 30.5 Å². The lowest BCUT2D eigenvalue weighted by Gasteiger charge is -2.20. The first-order chi connectivity index (χ1) is 13.6. The molecule has 0 bridgehead atoms. The minimum Gasteiger partial charge on any atom is -0.355 e. The lowest BCUT2D eigenvalue weighted by molar-refractivity contribution is 0.0963. The van der Waals surface area contributed by atoms with Gasteiger partial charge in [0.1, 0.15) is 5.82 Å². The van der Waals surface area contributed by atoms with Crippen LogP contribution in [-0.2, 0) is 13.1 Å². The maximum absolute atomic E-state index is 13.1. The molecule has 2 aromatic carbocycles. The molecule has 1 heterocycles. The summed E-state index contributed by atoms with van der Waals surface area (Å²) in [5, 5.41) is 6.64. The smallest absolute Gasteiger partial charge is 0.251 e. The number of amides is 1. The Morgan fingerprint density at radius 1 is 1.14 bits per heavy atom. The zero-order valence-electron chi connectivity index (χ0n) is 15.6. The molecule has 1 fully saturated rings. The van der Waals surface area contributed by atoms with Gasteiger partial charge in [0.05, 0.1) is 6.54 Å². The van der Waals surface area contributed by atoms with E-state index in [2.05, 4.69) is 20.4 Å². The van der Waals surface area contributed by atoms with Gasteiger partial charge in [-0.05, 0) is 54.8 Å². The monoisotopic (exact) mass is 380 g/mol. The Morgan fingerprint density at radius 2 is 1.86 bits per heavy atom. The van der Waals surface area contributed by atoms with Crippen molar-refractivity contribution in [1.82, 2.24) is 20.4 Å². The third-order valence-corrected chi connectivity index (χ3v) is 4.80. The average Bonchev–Trinajstić information content (AvgIpc) is 3.47. The molecular weight excluding hydrogens is 359 g/mol. The van der Waals surface area contributed by atoms with Crippen molar-refractivity contribution in [2.75, 3.05) is 7.05 Å².